The number of rotatable bonds is 5. The molecule has 0 aromatic rings. The van der Waals surface area contributed by atoms with Gasteiger partial charge < -0.3 is 4.90 Å². The summed E-state index contributed by atoms with van der Waals surface area (Å²) in [7, 11) is -3.28. The van der Waals surface area contributed by atoms with Crippen molar-refractivity contribution in [1.29, 1.82) is 0 Å². The maximum Gasteiger partial charge on any atom is 0.209 e. The molecule has 1 aliphatic heterocycles. The lowest BCUT2D eigenvalue weighted by molar-refractivity contribution is 0.158. The normalized spacial score (nSPS) is 20.5. The summed E-state index contributed by atoms with van der Waals surface area (Å²) in [6.45, 7) is 7.63. The van der Waals surface area contributed by atoms with E-state index in [4.69, 9.17) is 5.14 Å². The van der Waals surface area contributed by atoms with E-state index in [0.29, 0.717) is 6.42 Å². The lowest BCUT2D eigenvalue weighted by Gasteiger charge is -2.33. The van der Waals surface area contributed by atoms with Crippen molar-refractivity contribution in [3.05, 3.63) is 0 Å². The van der Waals surface area contributed by atoms with Gasteiger partial charge in [0.15, 0.2) is 0 Å². The predicted octanol–water partition coefficient (Wildman–Crippen LogP) is 1.03. The first kappa shape index (κ1) is 13.9. The van der Waals surface area contributed by atoms with Crippen LogP contribution >= 0.6 is 0 Å². The van der Waals surface area contributed by atoms with Crippen LogP contribution in [0.3, 0.4) is 0 Å². The molecule has 96 valence electrons. The Morgan fingerprint density at radius 2 is 1.88 bits per heavy atom. The second kappa shape index (κ2) is 5.98. The van der Waals surface area contributed by atoms with E-state index in [1.54, 1.807) is 0 Å². The third kappa shape index (κ3) is 5.27. The molecule has 4 nitrogen and oxygen atoms in total. The van der Waals surface area contributed by atoms with Gasteiger partial charge in [-0.15, -0.1) is 0 Å². The first-order valence-corrected chi connectivity index (χ1v) is 7.83. The fraction of sp³-hybridized carbons (Fsp3) is 1.00. The zero-order valence-electron chi connectivity index (χ0n) is 10.4. The molecule has 0 radical (unpaired) electrons. The van der Waals surface area contributed by atoms with Gasteiger partial charge in [0, 0.05) is 0 Å². The Bertz CT molecular complexity index is 293. The number of hydrogen-bond donors (Lipinski definition) is 1. The van der Waals surface area contributed by atoms with Gasteiger partial charge in [0.25, 0.3) is 0 Å². The van der Waals surface area contributed by atoms with Crippen LogP contribution in [0.2, 0.25) is 0 Å². The summed E-state index contributed by atoms with van der Waals surface area (Å²) in [5, 5.41) is 4.97. The van der Waals surface area contributed by atoms with Crippen LogP contribution in [0.5, 0.6) is 0 Å². The van der Waals surface area contributed by atoms with Crippen molar-refractivity contribution in [2.24, 2.45) is 17.0 Å². The van der Waals surface area contributed by atoms with Crippen molar-refractivity contribution in [3.8, 4) is 0 Å². The highest BCUT2D eigenvalue weighted by Gasteiger charge is 2.21. The quantitative estimate of drug-likeness (QED) is 0.790. The number of piperidine rings is 1. The Labute approximate surface area is 99.2 Å². The molecule has 0 unspecified atom stereocenters. The second-order valence-corrected chi connectivity index (χ2v) is 6.88. The summed E-state index contributed by atoms with van der Waals surface area (Å²) in [6, 6.07) is 0. The number of likely N-dealkylation sites (tertiary alicyclic amines) is 1. The number of hydrogen-bond acceptors (Lipinski definition) is 3. The summed E-state index contributed by atoms with van der Waals surface area (Å²) >= 11 is 0. The monoisotopic (exact) mass is 248 g/mol. The van der Waals surface area contributed by atoms with Gasteiger partial charge in [-0.2, -0.15) is 0 Å². The number of sulfonamides is 1. The molecular formula is C11H24N2O2S. The van der Waals surface area contributed by atoms with E-state index in [0.717, 1.165) is 31.5 Å². The topological polar surface area (TPSA) is 63.4 Å². The van der Waals surface area contributed by atoms with Gasteiger partial charge in [-0.1, -0.05) is 13.8 Å². The molecule has 0 aromatic heterocycles. The minimum atomic E-state index is -3.28. The van der Waals surface area contributed by atoms with E-state index in [1.165, 1.54) is 12.8 Å². The van der Waals surface area contributed by atoms with E-state index < -0.39 is 10.0 Å². The average molecular weight is 248 g/mol. The maximum atomic E-state index is 10.8. The Morgan fingerprint density at radius 1 is 1.31 bits per heavy atom. The summed E-state index contributed by atoms with van der Waals surface area (Å²) in [5.41, 5.74) is 0. The van der Waals surface area contributed by atoms with Gasteiger partial charge in [0.2, 0.25) is 10.0 Å². The molecule has 0 atom stereocenters. The fourth-order valence-corrected chi connectivity index (χ4v) is 2.86. The van der Waals surface area contributed by atoms with Crippen LogP contribution in [0.15, 0.2) is 0 Å². The molecule has 1 heterocycles. The van der Waals surface area contributed by atoms with Crippen LogP contribution in [0.1, 0.15) is 33.1 Å². The molecule has 1 aliphatic rings. The maximum absolute atomic E-state index is 10.8. The van der Waals surface area contributed by atoms with Crippen molar-refractivity contribution in [2.75, 3.05) is 25.4 Å². The Balaban J connectivity index is 2.18. The van der Waals surface area contributed by atoms with Crippen molar-refractivity contribution in [3.63, 3.8) is 0 Å². The van der Waals surface area contributed by atoms with Crippen LogP contribution in [-0.4, -0.2) is 38.7 Å². The van der Waals surface area contributed by atoms with E-state index in [-0.39, 0.29) is 5.75 Å². The molecule has 5 heteroatoms. The molecule has 2 N–H and O–H groups in total. The van der Waals surface area contributed by atoms with Gasteiger partial charge >= 0.3 is 0 Å². The molecule has 16 heavy (non-hydrogen) atoms. The Hall–Kier alpha value is -0.130. The van der Waals surface area contributed by atoms with Gasteiger partial charge in [0.05, 0.1) is 5.75 Å². The highest BCUT2D eigenvalue weighted by Crippen LogP contribution is 2.24. The second-order valence-electron chi connectivity index (χ2n) is 5.14. The molecule has 1 saturated heterocycles. The predicted molar refractivity (Wildman–Crippen MR) is 66.6 cm³/mol. The highest BCUT2D eigenvalue weighted by molar-refractivity contribution is 7.89. The van der Waals surface area contributed by atoms with E-state index >= 15 is 0 Å². The number of nitrogens with two attached hydrogens (primary N) is 1. The minimum absolute atomic E-state index is 0.108. The van der Waals surface area contributed by atoms with Crippen LogP contribution in [0, 0.1) is 11.8 Å². The zero-order chi connectivity index (χ0) is 12.2. The molecule has 0 saturated carbocycles. The molecular weight excluding hydrogens is 224 g/mol. The SMILES string of the molecule is CC(C)C1CCN(CCCS(N)(=O)=O)CC1. The fourth-order valence-electron chi connectivity index (χ4n) is 2.33. The van der Waals surface area contributed by atoms with E-state index in [1.807, 2.05) is 0 Å². The molecule has 0 amide bonds. The lowest BCUT2D eigenvalue weighted by atomic mass is 9.87. The Kier molecular flexibility index (Phi) is 5.21. The van der Waals surface area contributed by atoms with Crippen LogP contribution in [0.4, 0.5) is 0 Å². The van der Waals surface area contributed by atoms with Crippen molar-refractivity contribution < 1.29 is 8.42 Å². The van der Waals surface area contributed by atoms with E-state index in [2.05, 4.69) is 18.7 Å². The molecule has 1 rings (SSSR count). The van der Waals surface area contributed by atoms with Crippen LogP contribution < -0.4 is 5.14 Å². The standard InChI is InChI=1S/C11H24N2O2S/c1-10(2)11-4-7-13(8-5-11)6-3-9-16(12,14)15/h10-11H,3-9H2,1-2H3,(H2,12,14,15). The summed E-state index contributed by atoms with van der Waals surface area (Å²) in [5.74, 6) is 1.72. The third-order valence-corrected chi connectivity index (χ3v) is 4.34. The first-order valence-electron chi connectivity index (χ1n) is 6.11. The third-order valence-electron chi connectivity index (χ3n) is 3.48. The highest BCUT2D eigenvalue weighted by atomic mass is 32.2. The van der Waals surface area contributed by atoms with Crippen molar-refractivity contribution >= 4 is 10.0 Å². The summed E-state index contributed by atoms with van der Waals surface area (Å²) in [6.07, 6.45) is 3.14. The molecule has 0 aliphatic carbocycles. The average Bonchev–Trinajstić information content (AvgIpc) is 2.16. The molecule has 0 spiro atoms. The zero-order valence-corrected chi connectivity index (χ0v) is 11.2. The van der Waals surface area contributed by atoms with Crippen LogP contribution in [0.25, 0.3) is 0 Å². The molecule has 0 aromatic carbocycles. The van der Waals surface area contributed by atoms with Crippen LogP contribution in [-0.2, 0) is 10.0 Å². The smallest absolute Gasteiger partial charge is 0.209 e. The van der Waals surface area contributed by atoms with Crippen molar-refractivity contribution in [2.45, 2.75) is 33.1 Å². The molecule has 1 fully saturated rings. The van der Waals surface area contributed by atoms with Crippen molar-refractivity contribution in [1.82, 2.24) is 4.90 Å². The first-order chi connectivity index (χ1) is 7.38. The summed E-state index contributed by atoms with van der Waals surface area (Å²) in [4.78, 5) is 2.35. The van der Waals surface area contributed by atoms with Gasteiger partial charge in [-0.05, 0) is 50.7 Å². The number of primary sulfonamides is 1. The Morgan fingerprint density at radius 3 is 2.31 bits per heavy atom. The van der Waals surface area contributed by atoms with Gasteiger partial charge in [0.1, 0.15) is 0 Å². The molecule has 0 bridgehead atoms. The minimum Gasteiger partial charge on any atom is -0.303 e. The number of nitrogens with zero attached hydrogens (tertiary/aromatic N) is 1. The summed E-state index contributed by atoms with van der Waals surface area (Å²) < 4.78 is 21.5. The van der Waals surface area contributed by atoms with Gasteiger partial charge in [-0.3, -0.25) is 0 Å². The van der Waals surface area contributed by atoms with E-state index in [9.17, 15) is 8.42 Å². The lowest BCUT2D eigenvalue weighted by Crippen LogP contribution is -2.36. The largest absolute Gasteiger partial charge is 0.303 e. The van der Waals surface area contributed by atoms with Gasteiger partial charge in [-0.25, -0.2) is 13.6 Å².